The lowest BCUT2D eigenvalue weighted by Crippen LogP contribution is -2.55. The normalized spacial score (nSPS) is 30.5. The third kappa shape index (κ3) is 4.94. The molecule has 1 unspecified atom stereocenters. The van der Waals surface area contributed by atoms with Crippen LogP contribution in [0.25, 0.3) is 0 Å². The molecule has 0 radical (unpaired) electrons. The number of unbranched alkanes of at least 4 members (excludes halogenated alkanes) is 2. The topological polar surface area (TPSA) is 99.6 Å². The molecular formula is C31H41N3O6. The summed E-state index contributed by atoms with van der Waals surface area (Å²) >= 11 is 0. The van der Waals surface area contributed by atoms with Crippen molar-refractivity contribution in [2.24, 2.45) is 11.8 Å². The molecule has 0 aliphatic carbocycles. The smallest absolute Gasteiger partial charge is 0.312 e. The van der Waals surface area contributed by atoms with E-state index in [4.69, 9.17) is 9.47 Å². The highest BCUT2D eigenvalue weighted by atomic mass is 16.6. The van der Waals surface area contributed by atoms with Gasteiger partial charge in [-0.2, -0.15) is 0 Å². The molecule has 4 aliphatic rings. The number of nitrogens with zero attached hydrogens (tertiary/aromatic N) is 3. The molecule has 1 aromatic carbocycles. The fourth-order valence-electron chi connectivity index (χ4n) is 6.73. The lowest BCUT2D eigenvalue weighted by Gasteiger charge is -2.35. The Hall–Kier alpha value is -3.17. The first-order valence-corrected chi connectivity index (χ1v) is 14.7. The van der Waals surface area contributed by atoms with Crippen LogP contribution >= 0.6 is 0 Å². The van der Waals surface area contributed by atoms with Crippen molar-refractivity contribution < 1.29 is 29.0 Å². The molecule has 9 nitrogen and oxygen atoms in total. The molecule has 0 bridgehead atoms. The Balaban J connectivity index is 1.52. The number of allylic oxidation sites excluding steroid dienone is 1. The van der Waals surface area contributed by atoms with Gasteiger partial charge >= 0.3 is 5.97 Å². The predicted molar refractivity (Wildman–Crippen MR) is 152 cm³/mol. The van der Waals surface area contributed by atoms with Gasteiger partial charge in [0.1, 0.15) is 17.6 Å². The summed E-state index contributed by atoms with van der Waals surface area (Å²) in [5.41, 5.74) is 0.568. The number of rotatable bonds is 9. The van der Waals surface area contributed by atoms with Crippen LogP contribution in [-0.4, -0.2) is 84.9 Å². The second-order valence-corrected chi connectivity index (χ2v) is 10.9. The van der Waals surface area contributed by atoms with Gasteiger partial charge in [0.05, 0.1) is 18.6 Å². The first kappa shape index (κ1) is 28.4. The molecule has 2 amide bonds. The number of likely N-dealkylation sites (tertiary alicyclic amines) is 1. The van der Waals surface area contributed by atoms with E-state index in [2.05, 4.69) is 18.7 Å². The van der Waals surface area contributed by atoms with Crippen LogP contribution in [0.1, 0.15) is 46.0 Å². The molecule has 0 saturated carbocycles. The van der Waals surface area contributed by atoms with Crippen molar-refractivity contribution in [3.8, 4) is 0 Å². The van der Waals surface area contributed by atoms with E-state index in [1.807, 2.05) is 48.6 Å². The minimum absolute atomic E-state index is 0.0773. The van der Waals surface area contributed by atoms with E-state index in [1.165, 1.54) is 0 Å². The number of fused-ring (bicyclic) bond motifs is 2. The average Bonchev–Trinajstić information content (AvgIpc) is 3.37. The molecule has 5 atom stereocenters. The van der Waals surface area contributed by atoms with Gasteiger partial charge in [-0.15, -0.1) is 0 Å². The van der Waals surface area contributed by atoms with Crippen molar-refractivity contribution in [3.05, 3.63) is 48.6 Å². The van der Waals surface area contributed by atoms with Crippen LogP contribution in [0, 0.1) is 11.8 Å². The Labute approximate surface area is 236 Å². The van der Waals surface area contributed by atoms with E-state index in [0.29, 0.717) is 39.0 Å². The van der Waals surface area contributed by atoms with Crippen LogP contribution in [0.15, 0.2) is 48.6 Å². The van der Waals surface area contributed by atoms with Gasteiger partial charge in [-0.3, -0.25) is 14.4 Å². The summed E-state index contributed by atoms with van der Waals surface area (Å²) in [7, 11) is 0. The quantitative estimate of drug-likeness (QED) is 0.286. The minimum Gasteiger partial charge on any atom is -0.465 e. The van der Waals surface area contributed by atoms with Gasteiger partial charge in [0.2, 0.25) is 5.91 Å². The highest BCUT2D eigenvalue weighted by Crippen LogP contribution is 2.53. The number of benzene rings is 1. The fraction of sp³-hybridized carbons (Fsp3) is 0.581. The largest absolute Gasteiger partial charge is 0.465 e. The number of aliphatic hydroxyl groups excluding tert-OH is 1. The predicted octanol–water partition coefficient (Wildman–Crippen LogP) is 3.07. The standard InChI is InChI=1S/C31H41N3O6/c1-3-32(4-2)22-13-15-23(16-14-22)33-19-11-17-31-26(25-24(40-31)12-7-5-10-21-39-30(25)38)28(36)34(27(31)29(33)37)18-8-6-9-20-35/h7,11-17,24-27,35H,3-6,8-10,18-21H2,1-2H3/b12-7-/t24-,25+,26-,27?,31-/m0/s1. The molecule has 1 N–H and O–H groups in total. The van der Waals surface area contributed by atoms with Crippen LogP contribution in [0.5, 0.6) is 0 Å². The monoisotopic (exact) mass is 551 g/mol. The van der Waals surface area contributed by atoms with Crippen LogP contribution < -0.4 is 9.80 Å². The number of hydrogen-bond acceptors (Lipinski definition) is 7. The maximum absolute atomic E-state index is 14.4. The number of cyclic esters (lactones) is 1. The third-order valence-corrected chi connectivity index (χ3v) is 8.70. The Morgan fingerprint density at radius 1 is 1.02 bits per heavy atom. The Bertz CT molecular complexity index is 1150. The minimum atomic E-state index is -1.26. The molecule has 0 aromatic heterocycles. The second kappa shape index (κ2) is 12.1. The number of carbonyl (C=O) groups excluding carboxylic acids is 3. The summed E-state index contributed by atoms with van der Waals surface area (Å²) in [6.45, 7) is 7.04. The molecule has 4 aliphatic heterocycles. The molecule has 1 spiro atoms. The van der Waals surface area contributed by atoms with Gasteiger partial charge in [-0.05, 0) is 70.2 Å². The molecule has 40 heavy (non-hydrogen) atoms. The molecule has 4 heterocycles. The van der Waals surface area contributed by atoms with E-state index >= 15 is 0 Å². The molecular weight excluding hydrogens is 510 g/mol. The van der Waals surface area contributed by atoms with Crippen molar-refractivity contribution >= 4 is 29.2 Å². The van der Waals surface area contributed by atoms with Crippen molar-refractivity contribution in [2.75, 3.05) is 49.2 Å². The van der Waals surface area contributed by atoms with Crippen molar-refractivity contribution in [2.45, 2.75) is 63.7 Å². The number of carbonyl (C=O) groups is 3. The number of hydrogen-bond donors (Lipinski definition) is 1. The first-order valence-electron chi connectivity index (χ1n) is 14.7. The van der Waals surface area contributed by atoms with Crippen LogP contribution in [-0.2, 0) is 23.9 Å². The van der Waals surface area contributed by atoms with Gasteiger partial charge < -0.3 is 29.3 Å². The summed E-state index contributed by atoms with van der Waals surface area (Å²) in [4.78, 5) is 47.5. The summed E-state index contributed by atoms with van der Waals surface area (Å²) in [5, 5.41) is 9.25. The maximum Gasteiger partial charge on any atom is 0.312 e. The molecule has 1 aromatic rings. The molecule has 9 heteroatoms. The van der Waals surface area contributed by atoms with E-state index in [9.17, 15) is 19.5 Å². The third-order valence-electron chi connectivity index (χ3n) is 8.70. The lowest BCUT2D eigenvalue weighted by atomic mass is 9.78. The van der Waals surface area contributed by atoms with Gasteiger partial charge in [0.25, 0.3) is 5.91 Å². The summed E-state index contributed by atoms with van der Waals surface area (Å²) < 4.78 is 12.2. The number of ether oxygens (including phenoxy) is 2. The average molecular weight is 552 g/mol. The number of amides is 2. The maximum atomic E-state index is 14.4. The SMILES string of the molecule is CCN(CC)c1ccc(N2CC=C[C@]34O[C@H]5/C=C\CCCOC(=O)[C@H]5[C@H]3C(=O)N(CCCCCO)C4C2=O)cc1. The summed E-state index contributed by atoms with van der Waals surface area (Å²) in [6.07, 6.45) is 10.4. The van der Waals surface area contributed by atoms with Gasteiger partial charge in [-0.1, -0.05) is 24.3 Å². The number of anilines is 2. The van der Waals surface area contributed by atoms with Crippen molar-refractivity contribution in [3.63, 3.8) is 0 Å². The van der Waals surface area contributed by atoms with Gasteiger partial charge in [0.15, 0.2) is 0 Å². The van der Waals surface area contributed by atoms with E-state index in [0.717, 1.165) is 37.3 Å². The van der Waals surface area contributed by atoms with Gasteiger partial charge in [0, 0.05) is 44.2 Å². The summed E-state index contributed by atoms with van der Waals surface area (Å²) in [5.74, 6) is -2.57. The molecule has 2 saturated heterocycles. The van der Waals surface area contributed by atoms with E-state index < -0.39 is 35.6 Å². The number of aliphatic hydroxyl groups is 1. The van der Waals surface area contributed by atoms with Crippen LogP contribution in [0.2, 0.25) is 0 Å². The van der Waals surface area contributed by atoms with E-state index in [1.54, 1.807) is 9.80 Å². The zero-order valence-corrected chi connectivity index (χ0v) is 23.5. The summed E-state index contributed by atoms with van der Waals surface area (Å²) in [6, 6.07) is 7.03. The van der Waals surface area contributed by atoms with E-state index in [-0.39, 0.29) is 18.4 Å². The Kier molecular flexibility index (Phi) is 8.61. The highest BCUT2D eigenvalue weighted by Gasteiger charge is 2.71. The van der Waals surface area contributed by atoms with Crippen molar-refractivity contribution in [1.82, 2.24) is 4.90 Å². The molecule has 216 valence electrons. The first-order chi connectivity index (χ1) is 19.5. The zero-order chi connectivity index (χ0) is 28.3. The highest BCUT2D eigenvalue weighted by molar-refractivity contribution is 6.05. The zero-order valence-electron chi connectivity index (χ0n) is 23.5. The van der Waals surface area contributed by atoms with Crippen molar-refractivity contribution in [1.29, 1.82) is 0 Å². The Morgan fingerprint density at radius 2 is 1.80 bits per heavy atom. The molecule has 2 fully saturated rings. The Morgan fingerprint density at radius 3 is 2.52 bits per heavy atom. The van der Waals surface area contributed by atoms with Crippen LogP contribution in [0.4, 0.5) is 11.4 Å². The molecule has 5 rings (SSSR count). The lowest BCUT2D eigenvalue weighted by molar-refractivity contribution is -0.154. The van der Waals surface area contributed by atoms with Gasteiger partial charge in [-0.25, -0.2) is 0 Å². The van der Waals surface area contributed by atoms with Crippen LogP contribution in [0.3, 0.4) is 0 Å². The fourth-order valence-corrected chi connectivity index (χ4v) is 6.73. The number of esters is 1. The second-order valence-electron chi connectivity index (χ2n) is 10.9.